The van der Waals surface area contributed by atoms with Crippen molar-refractivity contribution in [2.24, 2.45) is 5.92 Å². The van der Waals surface area contributed by atoms with Gasteiger partial charge in [-0.3, -0.25) is 4.79 Å². The molecule has 0 bridgehead atoms. The molecule has 0 spiro atoms. The third-order valence-electron chi connectivity index (χ3n) is 2.52. The number of benzene rings is 1. The number of amides is 1. The van der Waals surface area contributed by atoms with Crippen molar-refractivity contribution in [3.8, 4) is 0 Å². The lowest BCUT2D eigenvalue weighted by molar-refractivity contribution is 0.0953. The van der Waals surface area contributed by atoms with E-state index in [4.69, 9.17) is 23.2 Å². The summed E-state index contributed by atoms with van der Waals surface area (Å²) < 4.78 is 0. The minimum atomic E-state index is -0.130. The highest BCUT2D eigenvalue weighted by Gasteiger charge is 2.11. The van der Waals surface area contributed by atoms with Crippen molar-refractivity contribution in [1.29, 1.82) is 0 Å². The maximum Gasteiger partial charge on any atom is 0.251 e. The number of carbonyl (C=O) groups is 1. The minimum absolute atomic E-state index is 0.0331. The van der Waals surface area contributed by atoms with Gasteiger partial charge in [-0.15, -0.1) is 11.6 Å². The lowest BCUT2D eigenvalue weighted by Crippen LogP contribution is -2.30. The van der Waals surface area contributed by atoms with E-state index in [2.05, 4.69) is 19.2 Å². The number of rotatable bonds is 5. The summed E-state index contributed by atoms with van der Waals surface area (Å²) in [6, 6.07) is 5.30. The number of hydrogen-bond donors (Lipinski definition) is 1. The van der Waals surface area contributed by atoms with Crippen molar-refractivity contribution >= 4 is 29.1 Å². The lowest BCUT2D eigenvalue weighted by Gasteiger charge is -2.13. The standard InChI is InChI=1S/C14H19Cl2NO/c1-9(2)4-13(16)8-17-14(18)11-5-10(3)6-12(15)7-11/h5-7,9,13H,4,8H2,1-3H3,(H,17,18). The quantitative estimate of drug-likeness (QED) is 0.814. The second-order valence-electron chi connectivity index (χ2n) is 4.95. The van der Waals surface area contributed by atoms with Crippen LogP contribution in [0.2, 0.25) is 5.02 Å². The summed E-state index contributed by atoms with van der Waals surface area (Å²) in [4.78, 5) is 11.9. The molecular formula is C14H19Cl2NO. The Balaban J connectivity index is 2.55. The molecule has 1 aromatic rings. The molecule has 0 aromatic heterocycles. The zero-order valence-corrected chi connectivity index (χ0v) is 12.5. The molecule has 100 valence electrons. The highest BCUT2D eigenvalue weighted by molar-refractivity contribution is 6.31. The largest absolute Gasteiger partial charge is 0.351 e. The molecule has 1 atom stereocenters. The van der Waals surface area contributed by atoms with Crippen LogP contribution in [-0.4, -0.2) is 17.8 Å². The molecule has 1 N–H and O–H groups in total. The minimum Gasteiger partial charge on any atom is -0.351 e. The fourth-order valence-electron chi connectivity index (χ4n) is 1.77. The van der Waals surface area contributed by atoms with Crippen LogP contribution in [0.15, 0.2) is 18.2 Å². The average Bonchev–Trinajstić information content (AvgIpc) is 2.23. The van der Waals surface area contributed by atoms with Gasteiger partial charge < -0.3 is 5.32 Å². The molecule has 0 aliphatic carbocycles. The molecule has 2 nitrogen and oxygen atoms in total. The third-order valence-corrected chi connectivity index (χ3v) is 3.07. The van der Waals surface area contributed by atoms with Crippen LogP contribution < -0.4 is 5.32 Å². The summed E-state index contributed by atoms with van der Waals surface area (Å²) in [5, 5.41) is 3.37. The Morgan fingerprint density at radius 3 is 2.56 bits per heavy atom. The fourth-order valence-corrected chi connectivity index (χ4v) is 2.49. The van der Waals surface area contributed by atoms with E-state index in [0.717, 1.165) is 12.0 Å². The Hall–Kier alpha value is -0.730. The van der Waals surface area contributed by atoms with Gasteiger partial charge in [-0.1, -0.05) is 25.4 Å². The van der Waals surface area contributed by atoms with Gasteiger partial charge in [0, 0.05) is 17.1 Å². The van der Waals surface area contributed by atoms with Crippen LogP contribution in [0.5, 0.6) is 0 Å². The molecule has 1 amide bonds. The number of alkyl halides is 1. The monoisotopic (exact) mass is 287 g/mol. The number of halogens is 2. The zero-order valence-electron chi connectivity index (χ0n) is 11.0. The molecule has 0 fully saturated rings. The van der Waals surface area contributed by atoms with E-state index in [1.54, 1.807) is 6.07 Å². The third kappa shape index (κ3) is 5.28. The van der Waals surface area contributed by atoms with E-state index in [-0.39, 0.29) is 11.3 Å². The maximum absolute atomic E-state index is 11.9. The van der Waals surface area contributed by atoms with E-state index in [0.29, 0.717) is 23.0 Å². The predicted octanol–water partition coefficient (Wildman–Crippen LogP) is 4.03. The summed E-state index contributed by atoms with van der Waals surface area (Å²) in [5.41, 5.74) is 1.55. The van der Waals surface area contributed by atoms with Gasteiger partial charge in [-0.2, -0.15) is 0 Å². The van der Waals surface area contributed by atoms with Gasteiger partial charge in [-0.05, 0) is 43.0 Å². The predicted molar refractivity (Wildman–Crippen MR) is 77.6 cm³/mol. The van der Waals surface area contributed by atoms with Crippen molar-refractivity contribution < 1.29 is 4.79 Å². The topological polar surface area (TPSA) is 29.1 Å². The molecular weight excluding hydrogens is 269 g/mol. The first-order valence-electron chi connectivity index (χ1n) is 6.08. The van der Waals surface area contributed by atoms with Gasteiger partial charge in [0.15, 0.2) is 0 Å². The van der Waals surface area contributed by atoms with Crippen molar-refractivity contribution in [2.75, 3.05) is 6.54 Å². The van der Waals surface area contributed by atoms with E-state index in [9.17, 15) is 4.79 Å². The highest BCUT2D eigenvalue weighted by atomic mass is 35.5. The van der Waals surface area contributed by atoms with Gasteiger partial charge in [0.05, 0.1) is 5.38 Å². The molecule has 0 radical (unpaired) electrons. The van der Waals surface area contributed by atoms with Gasteiger partial charge in [-0.25, -0.2) is 0 Å². The molecule has 1 unspecified atom stereocenters. The summed E-state index contributed by atoms with van der Waals surface area (Å²) in [5.74, 6) is 0.396. The number of hydrogen-bond acceptors (Lipinski definition) is 1. The molecule has 0 heterocycles. The second kappa shape index (κ2) is 7.01. The Bertz CT molecular complexity index is 398. The smallest absolute Gasteiger partial charge is 0.251 e. The second-order valence-corrected chi connectivity index (χ2v) is 6.01. The summed E-state index contributed by atoms with van der Waals surface area (Å²) in [6.07, 6.45) is 0.885. The SMILES string of the molecule is Cc1cc(Cl)cc(C(=O)NCC(Cl)CC(C)C)c1. The van der Waals surface area contributed by atoms with Crippen LogP contribution in [0.1, 0.15) is 36.2 Å². The zero-order chi connectivity index (χ0) is 13.7. The van der Waals surface area contributed by atoms with Crippen molar-refractivity contribution in [2.45, 2.75) is 32.6 Å². The first-order chi connectivity index (χ1) is 8.38. The van der Waals surface area contributed by atoms with Crippen molar-refractivity contribution in [1.82, 2.24) is 5.32 Å². The normalized spacial score (nSPS) is 12.6. The van der Waals surface area contributed by atoms with Crippen LogP contribution in [-0.2, 0) is 0 Å². The molecule has 0 saturated carbocycles. The van der Waals surface area contributed by atoms with E-state index < -0.39 is 0 Å². The van der Waals surface area contributed by atoms with Gasteiger partial charge >= 0.3 is 0 Å². The van der Waals surface area contributed by atoms with Gasteiger partial charge in [0.25, 0.3) is 5.91 Å². The highest BCUT2D eigenvalue weighted by Crippen LogP contribution is 2.15. The molecule has 1 aromatic carbocycles. The first-order valence-corrected chi connectivity index (χ1v) is 6.89. The van der Waals surface area contributed by atoms with Crippen molar-refractivity contribution in [3.05, 3.63) is 34.3 Å². The van der Waals surface area contributed by atoms with Crippen LogP contribution in [0, 0.1) is 12.8 Å². The maximum atomic E-state index is 11.9. The van der Waals surface area contributed by atoms with E-state index in [1.165, 1.54) is 0 Å². The summed E-state index contributed by atoms with van der Waals surface area (Å²) >= 11 is 12.0. The summed E-state index contributed by atoms with van der Waals surface area (Å²) in [6.45, 7) is 6.60. The number of nitrogens with one attached hydrogen (secondary N) is 1. The summed E-state index contributed by atoms with van der Waals surface area (Å²) in [7, 11) is 0. The molecule has 0 saturated heterocycles. The van der Waals surface area contributed by atoms with Crippen LogP contribution in [0.3, 0.4) is 0 Å². The van der Waals surface area contributed by atoms with Gasteiger partial charge in [0.2, 0.25) is 0 Å². The molecule has 0 aliphatic heterocycles. The van der Waals surface area contributed by atoms with Crippen LogP contribution >= 0.6 is 23.2 Å². The Kier molecular flexibility index (Phi) is 5.97. The Labute approximate surface area is 119 Å². The Morgan fingerprint density at radius 1 is 1.33 bits per heavy atom. The van der Waals surface area contributed by atoms with E-state index >= 15 is 0 Å². The number of carbonyl (C=O) groups excluding carboxylic acids is 1. The molecule has 0 aliphatic rings. The molecule has 18 heavy (non-hydrogen) atoms. The Morgan fingerprint density at radius 2 is 2.00 bits per heavy atom. The molecule has 1 rings (SSSR count). The van der Waals surface area contributed by atoms with E-state index in [1.807, 2.05) is 19.1 Å². The van der Waals surface area contributed by atoms with Crippen molar-refractivity contribution in [3.63, 3.8) is 0 Å². The fraction of sp³-hybridized carbons (Fsp3) is 0.500. The number of aryl methyl sites for hydroxylation is 1. The van der Waals surface area contributed by atoms with Crippen LogP contribution in [0.25, 0.3) is 0 Å². The van der Waals surface area contributed by atoms with Crippen LogP contribution in [0.4, 0.5) is 0 Å². The average molecular weight is 288 g/mol. The van der Waals surface area contributed by atoms with Gasteiger partial charge in [0.1, 0.15) is 0 Å². The first kappa shape index (κ1) is 15.3. The molecule has 4 heteroatoms. The lowest BCUT2D eigenvalue weighted by atomic mass is 10.1.